The van der Waals surface area contributed by atoms with Crippen molar-refractivity contribution in [3.05, 3.63) is 82.5 Å². The Bertz CT molecular complexity index is 2770. The number of phenols is 1. The molecule has 0 saturated heterocycles. The fraction of sp³-hybridized carbons (Fsp3) is 0.413. The molecule has 4 bridgehead atoms. The van der Waals surface area contributed by atoms with Crippen LogP contribution < -0.4 is 52.5 Å². The number of aromatic hydroxyl groups is 1. The standard InChI is InChI=1S/C46H59N11O13S/c1-22-36(39(49)56-40(52-22)25-6-8-27(9-7-25)46(3)11-12-46)42(62)55-33(19-51-71(50,67)68)44(64)57(4)37-26-15-31(38(60)35(16-26)70-21-29(59)18-48)30-13-24(5-10-34(30)69-20-28(58)17-47)14-32(45(65)66)54-41(61)23(2)53-43(37)63/h5-10,13,15-16,23,28-29,32-33,37,51,58-60H,11-12,14,17-21,47-48H2,1-4H3,(H,53,63)(H,54,61)(H,55,62)(H,65,66)(H2,49,52,56)(H2,50,67,68)/t23-,28?,29?,32-,33?,37-/m0/s1. The maximum absolute atomic E-state index is 14.9. The minimum absolute atomic E-state index is 0.00742. The van der Waals surface area contributed by atoms with Crippen LogP contribution in [0.1, 0.15) is 65.5 Å². The number of hydrogen-bond donors (Lipinski definition) is 12. The van der Waals surface area contributed by atoms with Crippen molar-refractivity contribution in [3.8, 4) is 39.8 Å². The lowest BCUT2D eigenvalue weighted by atomic mass is 9.93. The summed E-state index contributed by atoms with van der Waals surface area (Å²) in [5.74, 6) is -6.63. The van der Waals surface area contributed by atoms with Crippen molar-refractivity contribution >= 4 is 45.6 Å². The number of benzene rings is 3. The molecule has 6 atom stereocenters. The van der Waals surface area contributed by atoms with E-state index in [1.165, 1.54) is 38.1 Å². The molecular formula is C46H59N11O13S. The van der Waals surface area contributed by atoms with Gasteiger partial charge in [0, 0.05) is 49.8 Å². The first-order chi connectivity index (χ1) is 33.4. The van der Waals surface area contributed by atoms with Gasteiger partial charge in [-0.25, -0.2) is 19.9 Å². The van der Waals surface area contributed by atoms with Crippen molar-refractivity contribution in [1.29, 1.82) is 0 Å². The van der Waals surface area contributed by atoms with Gasteiger partial charge < -0.3 is 68.0 Å². The number of carboxylic acid groups (broad SMARTS) is 1. The Morgan fingerprint density at radius 2 is 1.56 bits per heavy atom. The normalized spacial score (nSPS) is 18.9. The van der Waals surface area contributed by atoms with Crippen LogP contribution in [0.15, 0.2) is 54.6 Å². The van der Waals surface area contributed by atoms with Gasteiger partial charge in [-0.15, -0.1) is 0 Å². The molecule has 2 aliphatic rings. The van der Waals surface area contributed by atoms with E-state index in [-0.39, 0.29) is 82.6 Å². The lowest BCUT2D eigenvalue weighted by Gasteiger charge is -2.33. The van der Waals surface area contributed by atoms with E-state index in [0.29, 0.717) is 11.1 Å². The summed E-state index contributed by atoms with van der Waals surface area (Å²) in [6.07, 6.45) is -0.581. The summed E-state index contributed by atoms with van der Waals surface area (Å²) in [4.78, 5) is 79.4. The summed E-state index contributed by atoms with van der Waals surface area (Å²) in [7, 11) is -3.42. The first-order valence-electron chi connectivity index (χ1n) is 22.4. The van der Waals surface area contributed by atoms with Gasteiger partial charge in [0.25, 0.3) is 16.1 Å². The molecule has 0 radical (unpaired) electrons. The number of amides is 4. The number of aliphatic carboxylic acids is 1. The summed E-state index contributed by atoms with van der Waals surface area (Å²) < 4.78 is 38.3. The third kappa shape index (κ3) is 12.9. The molecular weight excluding hydrogens is 947 g/mol. The highest BCUT2D eigenvalue weighted by atomic mass is 32.2. The van der Waals surface area contributed by atoms with Gasteiger partial charge in [0.05, 0.1) is 5.69 Å². The molecule has 4 amide bonds. The van der Waals surface area contributed by atoms with Gasteiger partial charge in [-0.2, -0.15) is 13.1 Å². The van der Waals surface area contributed by atoms with Gasteiger partial charge >= 0.3 is 5.97 Å². The highest BCUT2D eigenvalue weighted by molar-refractivity contribution is 7.87. The number of aromatic nitrogens is 2. The Labute approximate surface area is 408 Å². The maximum atomic E-state index is 14.9. The molecule has 25 heteroatoms. The van der Waals surface area contributed by atoms with Gasteiger partial charge in [-0.3, -0.25) is 19.2 Å². The number of nitrogens with zero attached hydrogens (tertiary/aromatic N) is 3. The molecule has 3 unspecified atom stereocenters. The Morgan fingerprint density at radius 1 is 0.930 bits per heavy atom. The van der Waals surface area contributed by atoms with Crippen LogP contribution in [0, 0.1) is 6.92 Å². The second-order valence-corrected chi connectivity index (χ2v) is 19.2. The van der Waals surface area contributed by atoms with Crippen LogP contribution in [0.2, 0.25) is 0 Å². The largest absolute Gasteiger partial charge is 0.504 e. The number of nitrogens with one attached hydrogen (secondary N) is 4. The molecule has 16 N–H and O–H groups in total. The summed E-state index contributed by atoms with van der Waals surface area (Å²) in [5, 5.41) is 55.3. The van der Waals surface area contributed by atoms with E-state index < -0.39 is 95.1 Å². The number of aliphatic hydroxyl groups is 2. The molecule has 4 aromatic rings. The number of nitrogens with two attached hydrogens (primary N) is 4. The Morgan fingerprint density at radius 3 is 2.14 bits per heavy atom. The number of phenolic OH excluding ortho intramolecular Hbond substituents is 1. The molecule has 3 aromatic carbocycles. The zero-order valence-corrected chi connectivity index (χ0v) is 40.2. The van der Waals surface area contributed by atoms with Crippen molar-refractivity contribution in [2.75, 3.05) is 45.6 Å². The average Bonchev–Trinajstić information content (AvgIpc) is 4.08. The van der Waals surface area contributed by atoms with E-state index in [9.17, 15) is 52.8 Å². The van der Waals surface area contributed by atoms with Crippen molar-refractivity contribution in [2.24, 2.45) is 16.6 Å². The smallest absolute Gasteiger partial charge is 0.326 e. The van der Waals surface area contributed by atoms with Crippen molar-refractivity contribution in [3.63, 3.8) is 0 Å². The zero-order chi connectivity index (χ0) is 52.1. The predicted octanol–water partition coefficient (Wildman–Crippen LogP) is -1.42. The second-order valence-electron chi connectivity index (χ2n) is 17.8. The molecule has 71 heavy (non-hydrogen) atoms. The van der Waals surface area contributed by atoms with Gasteiger partial charge in [-0.1, -0.05) is 37.3 Å². The lowest BCUT2D eigenvalue weighted by Crippen LogP contribution is -2.57. The second kappa shape index (κ2) is 22.0. The molecule has 0 spiro atoms. The van der Waals surface area contributed by atoms with Crippen LogP contribution in [-0.4, -0.2) is 144 Å². The monoisotopic (exact) mass is 1010 g/mol. The molecule has 6 rings (SSSR count). The minimum atomic E-state index is -4.54. The summed E-state index contributed by atoms with van der Waals surface area (Å²) >= 11 is 0. The molecule has 1 aromatic heterocycles. The van der Waals surface area contributed by atoms with Crippen LogP contribution in [0.4, 0.5) is 5.82 Å². The topological polar surface area (TPSA) is 400 Å². The number of aryl methyl sites for hydroxylation is 1. The van der Waals surface area contributed by atoms with E-state index in [0.717, 1.165) is 36.4 Å². The van der Waals surface area contributed by atoms with E-state index in [4.69, 9.17) is 31.8 Å². The van der Waals surface area contributed by atoms with Crippen LogP contribution in [-0.2, 0) is 41.2 Å². The molecule has 382 valence electrons. The number of aliphatic hydroxyl groups excluding tert-OH is 2. The van der Waals surface area contributed by atoms with Crippen LogP contribution in [0.5, 0.6) is 17.2 Å². The Balaban J connectivity index is 1.46. The third-order valence-corrected chi connectivity index (χ3v) is 12.8. The number of carboxylic acids is 1. The molecule has 1 aliphatic carbocycles. The van der Waals surface area contributed by atoms with Crippen LogP contribution in [0.25, 0.3) is 22.5 Å². The number of anilines is 1. The number of rotatable bonds is 18. The summed E-state index contributed by atoms with van der Waals surface area (Å²) in [6.45, 7) is 2.72. The van der Waals surface area contributed by atoms with Crippen molar-refractivity contribution in [2.45, 2.75) is 81.8 Å². The first kappa shape index (κ1) is 53.4. The first-order valence-corrected chi connectivity index (χ1v) is 23.9. The van der Waals surface area contributed by atoms with E-state index in [2.05, 4.69) is 32.8 Å². The van der Waals surface area contributed by atoms with Gasteiger partial charge in [0.15, 0.2) is 17.3 Å². The number of ether oxygens (including phenoxy) is 2. The van der Waals surface area contributed by atoms with Gasteiger partial charge in [-0.05, 0) is 73.1 Å². The van der Waals surface area contributed by atoms with Crippen LogP contribution >= 0.6 is 0 Å². The van der Waals surface area contributed by atoms with Gasteiger partial charge in [0.2, 0.25) is 17.7 Å². The number of carbonyl (C=O) groups excluding carboxylic acids is 4. The summed E-state index contributed by atoms with van der Waals surface area (Å²) in [6, 6.07) is 7.64. The number of likely N-dealkylation sites (N-methyl/N-ethyl adjacent to an activating group) is 1. The average molecular weight is 1010 g/mol. The fourth-order valence-corrected chi connectivity index (χ4v) is 8.20. The van der Waals surface area contributed by atoms with E-state index in [1.807, 2.05) is 29.0 Å². The predicted molar refractivity (Wildman–Crippen MR) is 257 cm³/mol. The number of nitrogen functional groups attached to an aromatic ring is 1. The van der Waals surface area contributed by atoms with E-state index in [1.54, 1.807) is 0 Å². The third-order valence-electron chi connectivity index (χ3n) is 12.2. The lowest BCUT2D eigenvalue weighted by molar-refractivity contribution is -0.143. The minimum Gasteiger partial charge on any atom is -0.504 e. The van der Waals surface area contributed by atoms with E-state index >= 15 is 0 Å². The molecule has 2 heterocycles. The number of carbonyl (C=O) groups is 5. The van der Waals surface area contributed by atoms with Crippen LogP contribution in [0.3, 0.4) is 0 Å². The highest BCUT2D eigenvalue weighted by Gasteiger charge is 2.40. The molecule has 1 aliphatic heterocycles. The molecule has 1 fully saturated rings. The Kier molecular flexibility index (Phi) is 16.5. The number of hydrogen-bond acceptors (Lipinski definition) is 17. The summed E-state index contributed by atoms with van der Waals surface area (Å²) in [5.41, 5.74) is 19.4. The quantitative estimate of drug-likeness (QED) is 0.0544. The van der Waals surface area contributed by atoms with Gasteiger partial charge in [0.1, 0.15) is 66.7 Å². The fourth-order valence-electron chi connectivity index (χ4n) is 7.80. The SMILES string of the molecule is Cc1nc(-c2ccc(C3(C)CC3)cc2)nc(N)c1C(=O)NC(CNS(N)(=O)=O)C(=O)N(C)[C@@H]1C(=O)N[C@@H](C)C(=O)N[C@H](C(=O)O)Cc2ccc(OCC(O)CN)c(c2)-c2cc1cc(OCC(O)CN)c2O. The maximum Gasteiger partial charge on any atom is 0.326 e. The highest BCUT2D eigenvalue weighted by Crippen LogP contribution is 2.48. The molecule has 24 nitrogen and oxygen atoms in total. The zero-order valence-electron chi connectivity index (χ0n) is 39.3. The Hall–Kier alpha value is -7.00. The number of fused-ring (bicyclic) bond motifs is 5. The molecule has 1 saturated carbocycles. The van der Waals surface area contributed by atoms with Crippen molar-refractivity contribution in [1.82, 2.24) is 35.5 Å². The van der Waals surface area contributed by atoms with Crippen molar-refractivity contribution < 1.29 is 62.3 Å².